The van der Waals surface area contributed by atoms with Crippen LogP contribution in [0.5, 0.6) is 0 Å². The van der Waals surface area contributed by atoms with Crippen molar-refractivity contribution in [1.29, 1.82) is 0 Å². The van der Waals surface area contributed by atoms with Gasteiger partial charge in [0.1, 0.15) is 17.5 Å². The van der Waals surface area contributed by atoms with Gasteiger partial charge in [0.15, 0.2) is 0 Å². The van der Waals surface area contributed by atoms with E-state index in [4.69, 9.17) is 10.7 Å². The molecule has 4 heterocycles. The van der Waals surface area contributed by atoms with Gasteiger partial charge in [-0.2, -0.15) is 0 Å². The second kappa shape index (κ2) is 8.61. The SMILES string of the molecule is NC(=O)Cc1cc(Nc2cnccn2)nc(-c2ccnc(N3CCNCC3)c2)c1. The fourth-order valence-electron chi connectivity index (χ4n) is 3.24. The number of rotatable bonds is 6. The standard InChI is InChI=1S/C20H22N8O/c21-17(29)10-14-9-16(26-18(11-14)27-19-13-23-3-4-24-19)15-1-2-25-20(12-15)28-7-5-22-6-8-28/h1-4,9,11-13,22H,5-8,10H2,(H2,21,29)(H,24,26,27). The number of nitrogens with two attached hydrogens (primary N) is 1. The number of nitrogens with zero attached hydrogens (tertiary/aromatic N) is 5. The lowest BCUT2D eigenvalue weighted by Gasteiger charge is -2.28. The van der Waals surface area contributed by atoms with Crippen molar-refractivity contribution in [3.05, 3.63) is 54.6 Å². The Labute approximate surface area is 168 Å². The Hall–Kier alpha value is -3.59. The maximum atomic E-state index is 11.5. The van der Waals surface area contributed by atoms with Crippen molar-refractivity contribution in [1.82, 2.24) is 25.3 Å². The lowest BCUT2D eigenvalue weighted by Crippen LogP contribution is -2.43. The molecule has 1 aliphatic rings. The molecule has 9 nitrogen and oxygen atoms in total. The second-order valence-corrected chi connectivity index (χ2v) is 6.74. The summed E-state index contributed by atoms with van der Waals surface area (Å²) >= 11 is 0. The van der Waals surface area contributed by atoms with Crippen LogP contribution in [0.25, 0.3) is 11.3 Å². The summed E-state index contributed by atoms with van der Waals surface area (Å²) in [5.41, 5.74) is 7.83. The quantitative estimate of drug-likeness (QED) is 0.572. The summed E-state index contributed by atoms with van der Waals surface area (Å²) in [7, 11) is 0. The molecule has 148 valence electrons. The molecule has 0 saturated carbocycles. The normalized spacial score (nSPS) is 13.9. The lowest BCUT2D eigenvalue weighted by atomic mass is 10.1. The number of primary amides is 1. The Bertz CT molecular complexity index is 989. The highest BCUT2D eigenvalue weighted by Crippen LogP contribution is 2.25. The van der Waals surface area contributed by atoms with E-state index in [0.717, 1.165) is 48.8 Å². The van der Waals surface area contributed by atoms with Gasteiger partial charge in [0.05, 0.1) is 18.3 Å². The van der Waals surface area contributed by atoms with Crippen molar-refractivity contribution in [2.75, 3.05) is 36.4 Å². The molecule has 0 bridgehead atoms. The van der Waals surface area contributed by atoms with Crippen LogP contribution in [0, 0.1) is 0 Å². The van der Waals surface area contributed by atoms with Gasteiger partial charge < -0.3 is 21.3 Å². The van der Waals surface area contributed by atoms with E-state index in [0.29, 0.717) is 11.6 Å². The predicted molar refractivity (Wildman–Crippen MR) is 111 cm³/mol. The van der Waals surface area contributed by atoms with Crippen LogP contribution in [0.4, 0.5) is 17.5 Å². The molecule has 0 spiro atoms. The minimum Gasteiger partial charge on any atom is -0.369 e. The highest BCUT2D eigenvalue weighted by atomic mass is 16.1. The van der Waals surface area contributed by atoms with Crippen molar-refractivity contribution >= 4 is 23.4 Å². The Morgan fingerprint density at radius 1 is 1.10 bits per heavy atom. The molecule has 0 atom stereocenters. The first-order chi connectivity index (χ1) is 14.2. The number of pyridine rings is 2. The molecule has 1 aliphatic heterocycles. The van der Waals surface area contributed by atoms with Gasteiger partial charge in [-0.25, -0.2) is 15.0 Å². The molecule has 0 aliphatic carbocycles. The van der Waals surface area contributed by atoms with Crippen molar-refractivity contribution in [3.8, 4) is 11.3 Å². The van der Waals surface area contributed by atoms with E-state index in [2.05, 4.69) is 30.5 Å². The van der Waals surface area contributed by atoms with Crippen molar-refractivity contribution in [3.63, 3.8) is 0 Å². The number of aromatic nitrogens is 4. The van der Waals surface area contributed by atoms with Gasteiger partial charge in [0, 0.05) is 50.3 Å². The zero-order chi connectivity index (χ0) is 20.1. The summed E-state index contributed by atoms with van der Waals surface area (Å²) in [6.45, 7) is 3.69. The largest absolute Gasteiger partial charge is 0.369 e. The fourth-order valence-corrected chi connectivity index (χ4v) is 3.24. The van der Waals surface area contributed by atoms with E-state index in [1.807, 2.05) is 18.2 Å². The van der Waals surface area contributed by atoms with Gasteiger partial charge in [0.2, 0.25) is 5.91 Å². The molecule has 0 radical (unpaired) electrons. The summed E-state index contributed by atoms with van der Waals surface area (Å²) in [4.78, 5) is 31.2. The van der Waals surface area contributed by atoms with Crippen LogP contribution < -0.4 is 21.3 Å². The molecule has 0 unspecified atom stereocenters. The van der Waals surface area contributed by atoms with Crippen molar-refractivity contribution < 1.29 is 4.79 Å². The summed E-state index contributed by atoms with van der Waals surface area (Å²) < 4.78 is 0. The number of piperazine rings is 1. The van der Waals surface area contributed by atoms with E-state index in [-0.39, 0.29) is 6.42 Å². The van der Waals surface area contributed by atoms with E-state index in [1.54, 1.807) is 30.9 Å². The second-order valence-electron chi connectivity index (χ2n) is 6.74. The Morgan fingerprint density at radius 2 is 1.97 bits per heavy atom. The third-order valence-corrected chi connectivity index (χ3v) is 4.57. The zero-order valence-electron chi connectivity index (χ0n) is 15.9. The average Bonchev–Trinajstić information content (AvgIpc) is 2.74. The molecule has 1 amide bonds. The molecule has 1 saturated heterocycles. The van der Waals surface area contributed by atoms with Crippen LogP contribution in [0.2, 0.25) is 0 Å². The predicted octanol–water partition coefficient (Wildman–Crippen LogP) is 1.11. The van der Waals surface area contributed by atoms with Gasteiger partial charge in [-0.3, -0.25) is 9.78 Å². The van der Waals surface area contributed by atoms with Crippen molar-refractivity contribution in [2.24, 2.45) is 5.73 Å². The Balaban J connectivity index is 1.68. The summed E-state index contributed by atoms with van der Waals surface area (Å²) in [6, 6.07) is 7.60. The van der Waals surface area contributed by atoms with Crippen LogP contribution >= 0.6 is 0 Å². The summed E-state index contributed by atoms with van der Waals surface area (Å²) in [5, 5.41) is 6.48. The van der Waals surface area contributed by atoms with E-state index < -0.39 is 5.91 Å². The Morgan fingerprint density at radius 3 is 2.72 bits per heavy atom. The van der Waals surface area contributed by atoms with Crippen LogP contribution in [0.1, 0.15) is 5.56 Å². The van der Waals surface area contributed by atoms with Crippen LogP contribution in [-0.2, 0) is 11.2 Å². The number of carbonyl (C=O) groups is 1. The molecular weight excluding hydrogens is 368 g/mol. The lowest BCUT2D eigenvalue weighted by molar-refractivity contribution is -0.117. The van der Waals surface area contributed by atoms with E-state index >= 15 is 0 Å². The topological polar surface area (TPSA) is 122 Å². The number of carbonyl (C=O) groups excluding carboxylic acids is 1. The number of hydrogen-bond donors (Lipinski definition) is 3. The zero-order valence-corrected chi connectivity index (χ0v) is 15.9. The number of nitrogens with one attached hydrogen (secondary N) is 2. The molecule has 9 heteroatoms. The number of hydrogen-bond acceptors (Lipinski definition) is 8. The first kappa shape index (κ1) is 18.8. The van der Waals surface area contributed by atoms with Gasteiger partial charge in [-0.1, -0.05) is 0 Å². The molecule has 29 heavy (non-hydrogen) atoms. The highest BCUT2D eigenvalue weighted by Gasteiger charge is 2.14. The average molecular weight is 390 g/mol. The minimum atomic E-state index is -0.399. The molecule has 3 aromatic rings. The number of anilines is 3. The molecule has 1 fully saturated rings. The summed E-state index contributed by atoms with van der Waals surface area (Å²) in [6.07, 6.45) is 6.71. The fraction of sp³-hybridized carbons (Fsp3) is 0.250. The van der Waals surface area contributed by atoms with Crippen LogP contribution in [0.15, 0.2) is 49.1 Å². The molecule has 0 aromatic carbocycles. The van der Waals surface area contributed by atoms with Crippen LogP contribution in [0.3, 0.4) is 0 Å². The van der Waals surface area contributed by atoms with Crippen molar-refractivity contribution in [2.45, 2.75) is 6.42 Å². The van der Waals surface area contributed by atoms with Crippen LogP contribution in [-0.4, -0.2) is 52.0 Å². The maximum absolute atomic E-state index is 11.5. The minimum absolute atomic E-state index is 0.125. The van der Waals surface area contributed by atoms with E-state index in [1.165, 1.54) is 0 Å². The van der Waals surface area contributed by atoms with Gasteiger partial charge in [0.25, 0.3) is 0 Å². The molecular formula is C20H22N8O. The van der Waals surface area contributed by atoms with Gasteiger partial charge in [-0.15, -0.1) is 0 Å². The van der Waals surface area contributed by atoms with Gasteiger partial charge >= 0.3 is 0 Å². The first-order valence-electron chi connectivity index (χ1n) is 9.42. The molecule has 4 rings (SSSR count). The summed E-state index contributed by atoms with van der Waals surface area (Å²) in [5.74, 6) is 1.65. The smallest absolute Gasteiger partial charge is 0.221 e. The highest BCUT2D eigenvalue weighted by molar-refractivity contribution is 5.78. The molecule has 4 N–H and O–H groups in total. The molecule has 3 aromatic heterocycles. The van der Waals surface area contributed by atoms with E-state index in [9.17, 15) is 4.79 Å². The van der Waals surface area contributed by atoms with Gasteiger partial charge in [-0.05, 0) is 29.8 Å². The number of amides is 1. The third-order valence-electron chi connectivity index (χ3n) is 4.57. The monoisotopic (exact) mass is 390 g/mol. The Kier molecular flexibility index (Phi) is 5.57. The first-order valence-corrected chi connectivity index (χ1v) is 9.42. The maximum Gasteiger partial charge on any atom is 0.221 e. The third kappa shape index (κ3) is 4.82.